The summed E-state index contributed by atoms with van der Waals surface area (Å²) >= 11 is 0. The van der Waals surface area contributed by atoms with Crippen molar-refractivity contribution in [3.05, 3.63) is 12.2 Å². The smallest absolute Gasteiger partial charge is 0.196 e. The number of hydrogen-bond donors (Lipinski definition) is 2. The Kier molecular flexibility index (Phi) is 1.31. The summed E-state index contributed by atoms with van der Waals surface area (Å²) < 4.78 is 4.92. The van der Waals surface area contributed by atoms with E-state index in [9.17, 15) is 0 Å². The largest absolute Gasteiger partial charge is 0.429 e. The van der Waals surface area contributed by atoms with Crippen molar-refractivity contribution in [2.75, 3.05) is 0 Å². The third-order valence-corrected chi connectivity index (χ3v) is 2.28. The van der Waals surface area contributed by atoms with E-state index in [2.05, 4.69) is 6.08 Å². The lowest BCUT2D eigenvalue weighted by Crippen LogP contribution is -2.17. The first-order valence-electron chi connectivity index (χ1n) is 3.80. The van der Waals surface area contributed by atoms with E-state index in [1.807, 2.05) is 6.08 Å². The topological polar surface area (TPSA) is 56.9 Å². The molecule has 2 atom stereocenters. The SMILES string of the molecule is N=C1OC(=N)C2CCC=CC12. The molecule has 2 N–H and O–H groups in total. The fourth-order valence-electron chi connectivity index (χ4n) is 1.66. The molecule has 3 nitrogen and oxygen atoms in total. The fraction of sp³-hybridized carbons (Fsp3) is 0.500. The highest BCUT2D eigenvalue weighted by atomic mass is 16.5. The van der Waals surface area contributed by atoms with Crippen LogP contribution < -0.4 is 0 Å². The number of fused-ring (bicyclic) bond motifs is 1. The molecule has 0 bridgehead atoms. The molecule has 0 radical (unpaired) electrons. The summed E-state index contributed by atoms with van der Waals surface area (Å²) in [4.78, 5) is 0. The molecule has 1 aliphatic carbocycles. The Balaban J connectivity index is 2.30. The lowest BCUT2D eigenvalue weighted by Gasteiger charge is -2.14. The normalized spacial score (nSPS) is 35.3. The first-order chi connectivity index (χ1) is 5.29. The Hall–Kier alpha value is -1.12. The van der Waals surface area contributed by atoms with E-state index in [1.165, 1.54) is 0 Å². The summed E-state index contributed by atoms with van der Waals surface area (Å²) in [6, 6.07) is 0. The minimum Gasteiger partial charge on any atom is -0.429 e. The zero-order valence-electron chi connectivity index (χ0n) is 6.13. The molecule has 2 aliphatic rings. The van der Waals surface area contributed by atoms with Crippen molar-refractivity contribution in [1.29, 1.82) is 10.8 Å². The van der Waals surface area contributed by atoms with Crippen LogP contribution in [0.4, 0.5) is 0 Å². The molecule has 0 aromatic carbocycles. The lowest BCUT2D eigenvalue weighted by molar-refractivity contribution is 0.525. The van der Waals surface area contributed by atoms with Crippen LogP contribution in [0, 0.1) is 22.7 Å². The molecule has 0 saturated carbocycles. The second-order valence-electron chi connectivity index (χ2n) is 2.97. The molecule has 1 saturated heterocycles. The maximum absolute atomic E-state index is 7.41. The van der Waals surface area contributed by atoms with Gasteiger partial charge in [0.2, 0.25) is 0 Å². The summed E-state index contributed by atoms with van der Waals surface area (Å²) in [6.45, 7) is 0. The molecule has 11 heavy (non-hydrogen) atoms. The van der Waals surface area contributed by atoms with E-state index in [-0.39, 0.29) is 23.6 Å². The number of nitrogens with one attached hydrogen (secondary N) is 2. The maximum atomic E-state index is 7.41. The second-order valence-corrected chi connectivity index (χ2v) is 2.97. The predicted molar refractivity (Wildman–Crippen MR) is 41.9 cm³/mol. The molecule has 2 rings (SSSR count). The zero-order valence-corrected chi connectivity index (χ0v) is 6.13. The molecule has 2 unspecified atom stereocenters. The Morgan fingerprint density at radius 3 is 2.91 bits per heavy atom. The van der Waals surface area contributed by atoms with Gasteiger partial charge in [0.1, 0.15) is 0 Å². The molecular formula is C8H10N2O. The Morgan fingerprint density at radius 1 is 1.36 bits per heavy atom. The average Bonchev–Trinajstić information content (AvgIpc) is 2.30. The van der Waals surface area contributed by atoms with Crippen LogP contribution in [0.3, 0.4) is 0 Å². The molecule has 0 aromatic rings. The highest BCUT2D eigenvalue weighted by Gasteiger charge is 2.38. The van der Waals surface area contributed by atoms with Gasteiger partial charge in [-0.1, -0.05) is 12.2 Å². The Morgan fingerprint density at radius 2 is 2.18 bits per heavy atom. The predicted octanol–water partition coefficient (Wildman–Crippen LogP) is 1.55. The van der Waals surface area contributed by atoms with Gasteiger partial charge in [-0.25, -0.2) is 0 Å². The van der Waals surface area contributed by atoms with Crippen molar-refractivity contribution in [2.45, 2.75) is 12.8 Å². The number of ether oxygens (including phenoxy) is 1. The number of rotatable bonds is 0. The van der Waals surface area contributed by atoms with Crippen LogP contribution in [0.2, 0.25) is 0 Å². The molecule has 1 heterocycles. The third-order valence-electron chi connectivity index (χ3n) is 2.28. The highest BCUT2D eigenvalue weighted by molar-refractivity contribution is 6.00. The van der Waals surface area contributed by atoms with Gasteiger partial charge in [-0.15, -0.1) is 0 Å². The van der Waals surface area contributed by atoms with Crippen molar-refractivity contribution in [1.82, 2.24) is 0 Å². The minimum absolute atomic E-state index is 0.0660. The second kappa shape index (κ2) is 2.19. The van der Waals surface area contributed by atoms with Crippen LogP contribution in [0.5, 0.6) is 0 Å². The van der Waals surface area contributed by atoms with Gasteiger partial charge in [0.05, 0.1) is 11.8 Å². The number of hydrogen-bond acceptors (Lipinski definition) is 3. The zero-order chi connectivity index (χ0) is 7.84. The van der Waals surface area contributed by atoms with Gasteiger partial charge in [0.25, 0.3) is 0 Å². The Labute approximate surface area is 65.1 Å². The quantitative estimate of drug-likeness (QED) is 0.506. The van der Waals surface area contributed by atoms with Gasteiger partial charge in [-0.3, -0.25) is 10.8 Å². The molecule has 0 aromatic heterocycles. The van der Waals surface area contributed by atoms with E-state index in [1.54, 1.807) is 0 Å². The lowest BCUT2D eigenvalue weighted by atomic mass is 9.86. The first-order valence-corrected chi connectivity index (χ1v) is 3.80. The third kappa shape index (κ3) is 0.878. The summed E-state index contributed by atoms with van der Waals surface area (Å²) in [5.74, 6) is 0.754. The van der Waals surface area contributed by atoms with E-state index < -0.39 is 0 Å². The van der Waals surface area contributed by atoms with Gasteiger partial charge in [0.15, 0.2) is 11.8 Å². The van der Waals surface area contributed by atoms with E-state index in [4.69, 9.17) is 15.6 Å². The van der Waals surface area contributed by atoms with Crippen LogP contribution in [-0.2, 0) is 4.74 Å². The molecule has 3 heteroatoms. The van der Waals surface area contributed by atoms with Crippen molar-refractivity contribution in [2.24, 2.45) is 11.8 Å². The van der Waals surface area contributed by atoms with Gasteiger partial charge in [-0.2, -0.15) is 0 Å². The number of allylic oxidation sites excluding steroid dienone is 1. The van der Waals surface area contributed by atoms with E-state index in [0.717, 1.165) is 12.8 Å². The van der Waals surface area contributed by atoms with E-state index >= 15 is 0 Å². The van der Waals surface area contributed by atoms with Crippen LogP contribution in [-0.4, -0.2) is 11.8 Å². The van der Waals surface area contributed by atoms with Crippen LogP contribution >= 0.6 is 0 Å². The Bertz CT molecular complexity index is 244. The summed E-state index contributed by atoms with van der Waals surface area (Å²) in [7, 11) is 0. The van der Waals surface area contributed by atoms with Gasteiger partial charge >= 0.3 is 0 Å². The molecule has 58 valence electrons. The average molecular weight is 150 g/mol. The maximum Gasteiger partial charge on any atom is 0.196 e. The van der Waals surface area contributed by atoms with Gasteiger partial charge < -0.3 is 4.74 Å². The van der Waals surface area contributed by atoms with Gasteiger partial charge in [-0.05, 0) is 12.8 Å². The minimum atomic E-state index is 0.0660. The van der Waals surface area contributed by atoms with Crippen LogP contribution in [0.25, 0.3) is 0 Å². The van der Waals surface area contributed by atoms with Crippen LogP contribution in [0.1, 0.15) is 12.8 Å². The van der Waals surface area contributed by atoms with Gasteiger partial charge in [0, 0.05) is 0 Å². The molecular weight excluding hydrogens is 140 g/mol. The fourth-order valence-corrected chi connectivity index (χ4v) is 1.66. The molecule has 1 fully saturated rings. The monoisotopic (exact) mass is 150 g/mol. The molecule has 0 amide bonds. The van der Waals surface area contributed by atoms with Crippen molar-refractivity contribution in [3.8, 4) is 0 Å². The summed E-state index contributed by atoms with van der Waals surface area (Å²) in [5, 5.41) is 14.8. The highest BCUT2D eigenvalue weighted by Crippen LogP contribution is 2.32. The first kappa shape index (κ1) is 6.58. The summed E-state index contributed by atoms with van der Waals surface area (Å²) in [5.41, 5.74) is 0. The molecule has 0 spiro atoms. The van der Waals surface area contributed by atoms with Crippen molar-refractivity contribution < 1.29 is 4.74 Å². The van der Waals surface area contributed by atoms with Crippen LogP contribution in [0.15, 0.2) is 12.2 Å². The van der Waals surface area contributed by atoms with Crippen molar-refractivity contribution in [3.63, 3.8) is 0 Å². The van der Waals surface area contributed by atoms with Crippen molar-refractivity contribution >= 4 is 11.8 Å². The standard InChI is InChI=1S/C8H10N2O/c9-7-5-3-1-2-4-6(5)8(10)11-7/h1,3,5-6,9-10H,2,4H2. The molecule has 1 aliphatic heterocycles. The summed E-state index contributed by atoms with van der Waals surface area (Å²) in [6.07, 6.45) is 6.03. The van der Waals surface area contributed by atoms with E-state index in [0.29, 0.717) is 0 Å².